The normalized spacial score (nSPS) is 13.8. The van der Waals surface area contributed by atoms with E-state index in [9.17, 15) is 17.6 Å². The summed E-state index contributed by atoms with van der Waals surface area (Å²) in [6.07, 6.45) is 4.13. The highest BCUT2D eigenvalue weighted by atomic mass is 32.2. The Balaban J connectivity index is 1.49. The SMILES string of the molecule is O=C(CCNS(=O)(=O)c1ccc2c(c1)CCCC2)NCc1cccc(F)c1. The number of nitrogens with one attached hydrogen (secondary N) is 2. The molecule has 0 saturated heterocycles. The zero-order valence-electron chi connectivity index (χ0n) is 15.0. The van der Waals surface area contributed by atoms with Crippen LogP contribution >= 0.6 is 0 Å². The number of carbonyl (C=O) groups excluding carboxylic acids is 1. The van der Waals surface area contributed by atoms with Crippen LogP contribution in [0.15, 0.2) is 47.4 Å². The van der Waals surface area contributed by atoms with E-state index in [1.807, 2.05) is 6.07 Å². The molecule has 1 aliphatic carbocycles. The van der Waals surface area contributed by atoms with Crippen LogP contribution in [0.5, 0.6) is 0 Å². The number of fused-ring (bicyclic) bond motifs is 1. The topological polar surface area (TPSA) is 75.3 Å². The summed E-state index contributed by atoms with van der Waals surface area (Å²) in [4.78, 5) is 12.1. The second-order valence-electron chi connectivity index (χ2n) is 6.69. The zero-order chi connectivity index (χ0) is 19.3. The second kappa shape index (κ2) is 8.63. The van der Waals surface area contributed by atoms with Crippen LogP contribution in [-0.2, 0) is 34.2 Å². The summed E-state index contributed by atoms with van der Waals surface area (Å²) in [5, 5.41) is 2.65. The highest BCUT2D eigenvalue weighted by molar-refractivity contribution is 7.89. The summed E-state index contributed by atoms with van der Waals surface area (Å²) in [7, 11) is -3.64. The van der Waals surface area contributed by atoms with E-state index in [0.717, 1.165) is 31.2 Å². The molecule has 5 nitrogen and oxygen atoms in total. The summed E-state index contributed by atoms with van der Waals surface area (Å²) >= 11 is 0. The molecule has 144 valence electrons. The molecule has 1 amide bonds. The zero-order valence-corrected chi connectivity index (χ0v) is 15.8. The molecule has 0 fully saturated rings. The number of rotatable bonds is 7. The second-order valence-corrected chi connectivity index (χ2v) is 8.46. The highest BCUT2D eigenvalue weighted by Gasteiger charge is 2.17. The molecule has 7 heteroatoms. The fourth-order valence-corrected chi connectivity index (χ4v) is 4.28. The van der Waals surface area contributed by atoms with Crippen molar-refractivity contribution in [3.8, 4) is 0 Å². The standard InChI is InChI=1S/C20H23FN2O3S/c21-18-7-3-4-15(12-18)14-22-20(24)10-11-23-27(25,26)19-9-8-16-5-1-2-6-17(16)13-19/h3-4,7-9,12-13,23H,1-2,5-6,10-11,14H2,(H,22,24). The summed E-state index contributed by atoms with van der Waals surface area (Å²) in [5.41, 5.74) is 2.96. The van der Waals surface area contributed by atoms with Gasteiger partial charge < -0.3 is 5.32 Å². The molecule has 2 aromatic rings. The molecule has 0 aliphatic heterocycles. The Labute approximate surface area is 159 Å². The van der Waals surface area contributed by atoms with Gasteiger partial charge in [0.25, 0.3) is 0 Å². The third kappa shape index (κ3) is 5.37. The Morgan fingerprint density at radius 3 is 2.59 bits per heavy atom. The predicted molar refractivity (Wildman–Crippen MR) is 101 cm³/mol. The van der Waals surface area contributed by atoms with Gasteiger partial charge in [0.2, 0.25) is 15.9 Å². The summed E-state index contributed by atoms with van der Waals surface area (Å²) in [6, 6.07) is 11.2. The third-order valence-corrected chi connectivity index (χ3v) is 6.11. The Hall–Kier alpha value is -2.25. The van der Waals surface area contributed by atoms with Crippen LogP contribution in [0.3, 0.4) is 0 Å². The number of sulfonamides is 1. The molecule has 0 radical (unpaired) electrons. The minimum absolute atomic E-state index is 0.00834. The summed E-state index contributed by atoms with van der Waals surface area (Å²) < 4.78 is 40.4. The third-order valence-electron chi connectivity index (χ3n) is 4.65. The molecule has 0 saturated carbocycles. The van der Waals surface area contributed by atoms with Crippen LogP contribution < -0.4 is 10.0 Å². The van der Waals surface area contributed by atoms with Gasteiger partial charge in [0.05, 0.1) is 4.90 Å². The number of hydrogen-bond acceptors (Lipinski definition) is 3. The van der Waals surface area contributed by atoms with Gasteiger partial charge in [0.15, 0.2) is 0 Å². The van der Waals surface area contributed by atoms with Gasteiger partial charge in [0, 0.05) is 19.5 Å². The molecule has 0 aromatic heterocycles. The number of aryl methyl sites for hydroxylation is 2. The minimum atomic E-state index is -3.64. The van der Waals surface area contributed by atoms with Gasteiger partial charge in [-0.2, -0.15) is 0 Å². The van der Waals surface area contributed by atoms with Crippen molar-refractivity contribution in [1.29, 1.82) is 0 Å². The van der Waals surface area contributed by atoms with Crippen molar-refractivity contribution in [3.05, 3.63) is 65.0 Å². The largest absolute Gasteiger partial charge is 0.352 e. The molecule has 2 N–H and O–H groups in total. The van der Waals surface area contributed by atoms with Crippen LogP contribution in [0.4, 0.5) is 4.39 Å². The van der Waals surface area contributed by atoms with Gasteiger partial charge in [-0.3, -0.25) is 4.79 Å². The summed E-state index contributed by atoms with van der Waals surface area (Å²) in [6.45, 7) is 0.211. The molecule has 0 unspecified atom stereocenters. The van der Waals surface area contributed by atoms with Crippen LogP contribution in [0.1, 0.15) is 36.0 Å². The van der Waals surface area contributed by atoms with Gasteiger partial charge in [-0.15, -0.1) is 0 Å². The average molecular weight is 390 g/mol. The van der Waals surface area contributed by atoms with Gasteiger partial charge >= 0.3 is 0 Å². The van der Waals surface area contributed by atoms with E-state index in [4.69, 9.17) is 0 Å². The first-order chi connectivity index (χ1) is 12.9. The maximum Gasteiger partial charge on any atom is 0.240 e. The number of benzene rings is 2. The first-order valence-corrected chi connectivity index (χ1v) is 10.5. The number of halogens is 1. The molecule has 27 heavy (non-hydrogen) atoms. The van der Waals surface area contributed by atoms with Crippen LogP contribution in [-0.4, -0.2) is 20.9 Å². The van der Waals surface area contributed by atoms with Crippen LogP contribution in [0, 0.1) is 5.82 Å². The lowest BCUT2D eigenvalue weighted by Crippen LogP contribution is -2.30. The van der Waals surface area contributed by atoms with Crippen molar-refractivity contribution in [2.24, 2.45) is 0 Å². The number of amides is 1. The maximum absolute atomic E-state index is 13.1. The van der Waals surface area contributed by atoms with E-state index in [2.05, 4.69) is 10.0 Å². The maximum atomic E-state index is 13.1. The molecule has 0 heterocycles. The van der Waals surface area contributed by atoms with E-state index in [1.165, 1.54) is 17.7 Å². The Kier molecular flexibility index (Phi) is 6.23. The monoisotopic (exact) mass is 390 g/mol. The van der Waals surface area contributed by atoms with Crippen molar-refractivity contribution in [1.82, 2.24) is 10.0 Å². The number of carbonyl (C=O) groups is 1. The van der Waals surface area contributed by atoms with E-state index >= 15 is 0 Å². The molecule has 0 bridgehead atoms. The predicted octanol–water partition coefficient (Wildman–Crippen LogP) is 2.69. The molecular formula is C20H23FN2O3S. The van der Waals surface area contributed by atoms with E-state index in [0.29, 0.717) is 5.56 Å². The van der Waals surface area contributed by atoms with Crippen molar-refractivity contribution >= 4 is 15.9 Å². The lowest BCUT2D eigenvalue weighted by molar-refractivity contribution is -0.121. The van der Waals surface area contributed by atoms with Gasteiger partial charge in [-0.25, -0.2) is 17.5 Å². The van der Waals surface area contributed by atoms with E-state index in [-0.39, 0.29) is 36.1 Å². The molecule has 2 aromatic carbocycles. The first kappa shape index (κ1) is 19.5. The molecular weight excluding hydrogens is 367 g/mol. The van der Waals surface area contributed by atoms with Crippen molar-refractivity contribution in [2.75, 3.05) is 6.54 Å². The van der Waals surface area contributed by atoms with Gasteiger partial charge in [-0.1, -0.05) is 18.2 Å². The fourth-order valence-electron chi connectivity index (χ4n) is 3.20. The first-order valence-electron chi connectivity index (χ1n) is 9.07. The molecule has 3 rings (SSSR count). The lowest BCUT2D eigenvalue weighted by atomic mass is 9.92. The lowest BCUT2D eigenvalue weighted by Gasteiger charge is -2.16. The smallest absolute Gasteiger partial charge is 0.240 e. The van der Waals surface area contributed by atoms with Crippen molar-refractivity contribution < 1.29 is 17.6 Å². The highest BCUT2D eigenvalue weighted by Crippen LogP contribution is 2.24. The minimum Gasteiger partial charge on any atom is -0.352 e. The van der Waals surface area contributed by atoms with Crippen molar-refractivity contribution in [3.63, 3.8) is 0 Å². The average Bonchev–Trinajstić information content (AvgIpc) is 2.66. The Morgan fingerprint density at radius 2 is 1.81 bits per heavy atom. The van der Waals surface area contributed by atoms with Crippen molar-refractivity contribution in [2.45, 2.75) is 43.5 Å². The molecule has 0 spiro atoms. The quantitative estimate of drug-likeness (QED) is 0.763. The molecule has 0 atom stereocenters. The van der Waals surface area contributed by atoms with Gasteiger partial charge in [-0.05, 0) is 66.6 Å². The van der Waals surface area contributed by atoms with Gasteiger partial charge in [0.1, 0.15) is 5.82 Å². The van der Waals surface area contributed by atoms with E-state index in [1.54, 1.807) is 24.3 Å². The fraction of sp³-hybridized carbons (Fsp3) is 0.350. The van der Waals surface area contributed by atoms with Crippen LogP contribution in [0.2, 0.25) is 0 Å². The Bertz CT molecular complexity index is 929. The molecule has 1 aliphatic rings. The van der Waals surface area contributed by atoms with Crippen LogP contribution in [0.25, 0.3) is 0 Å². The number of hydrogen-bond donors (Lipinski definition) is 2. The Morgan fingerprint density at radius 1 is 1.04 bits per heavy atom. The summed E-state index contributed by atoms with van der Waals surface area (Å²) in [5.74, 6) is -0.660. The van der Waals surface area contributed by atoms with E-state index < -0.39 is 10.0 Å².